The molecule has 0 aliphatic heterocycles. The molecule has 1 aromatic heterocycles. The molecule has 0 atom stereocenters. The van der Waals surface area contributed by atoms with E-state index in [1.165, 1.54) is 18.5 Å². The molecule has 0 radical (unpaired) electrons. The number of rotatable bonds is 7. The summed E-state index contributed by atoms with van der Waals surface area (Å²) < 4.78 is 108. The highest BCUT2D eigenvalue weighted by Gasteiger charge is 2.73. The molecule has 0 fully saturated rings. The lowest BCUT2D eigenvalue weighted by molar-refractivity contribution is -0.348. The van der Waals surface area contributed by atoms with Crippen molar-refractivity contribution in [2.75, 3.05) is 16.8 Å². The van der Waals surface area contributed by atoms with Gasteiger partial charge in [-0.05, 0) is 56.1 Å². The lowest BCUT2D eigenvalue weighted by Gasteiger charge is -2.31. The third-order valence-electron chi connectivity index (χ3n) is 5.45. The highest BCUT2D eigenvalue weighted by atomic mass is 79.9. The first kappa shape index (κ1) is 31.9. The first-order valence-electron chi connectivity index (χ1n) is 10.9. The zero-order valence-corrected chi connectivity index (χ0v) is 23.1. The van der Waals surface area contributed by atoms with Crippen LogP contribution in [0.5, 0.6) is 0 Å². The number of amides is 2. The summed E-state index contributed by atoms with van der Waals surface area (Å²) in [6.07, 6.45) is -9.41. The van der Waals surface area contributed by atoms with Crippen molar-refractivity contribution in [3.05, 3.63) is 80.5 Å². The van der Waals surface area contributed by atoms with Gasteiger partial charge in [0.15, 0.2) is 5.82 Å². The monoisotopic (exact) mass is 713 g/mol. The molecule has 7 nitrogen and oxygen atoms in total. The number of nitrogens with zero attached hydrogens (tertiary/aromatic N) is 4. The van der Waals surface area contributed by atoms with Gasteiger partial charge >= 0.3 is 18.0 Å². The molecular weight excluding hydrogens is 702 g/mol. The third kappa shape index (κ3) is 6.32. The molecule has 0 saturated carbocycles. The fourth-order valence-corrected chi connectivity index (χ4v) is 4.89. The van der Waals surface area contributed by atoms with E-state index in [0.717, 1.165) is 23.2 Å². The summed E-state index contributed by atoms with van der Waals surface area (Å²) in [5.74, 6) is -3.33. The second kappa shape index (κ2) is 12.1. The van der Waals surface area contributed by atoms with Crippen molar-refractivity contribution in [1.82, 2.24) is 9.97 Å². The van der Waals surface area contributed by atoms with E-state index < -0.39 is 67.1 Å². The standard InChI is InChI=1S/C24H13Br2F8N5O2/c25-14-9-12(22(28,23(29,30)31)24(32,33)34)10-15(26)19(14)38-20(40)13-3-1-4-17(18(13)27)39(8-2-5-35)21(41)16-11-36-6-7-37-16/h1,3-4,6-7,9-11H,2,8H2,(H,38,40). The van der Waals surface area contributed by atoms with Crippen molar-refractivity contribution < 1.29 is 44.7 Å². The Morgan fingerprint density at radius 2 is 1.61 bits per heavy atom. The van der Waals surface area contributed by atoms with E-state index in [-0.39, 0.29) is 30.8 Å². The third-order valence-corrected chi connectivity index (χ3v) is 6.70. The van der Waals surface area contributed by atoms with Crippen LogP contribution in [0.25, 0.3) is 0 Å². The van der Waals surface area contributed by atoms with E-state index in [4.69, 9.17) is 5.26 Å². The number of hydrogen-bond donors (Lipinski definition) is 1. The summed E-state index contributed by atoms with van der Waals surface area (Å²) in [7, 11) is 0. The summed E-state index contributed by atoms with van der Waals surface area (Å²) in [5, 5.41) is 11.1. The van der Waals surface area contributed by atoms with Crippen molar-refractivity contribution in [2.24, 2.45) is 0 Å². The van der Waals surface area contributed by atoms with Crippen molar-refractivity contribution in [3.63, 3.8) is 0 Å². The molecule has 0 unspecified atom stereocenters. The molecule has 3 rings (SSSR count). The summed E-state index contributed by atoms with van der Waals surface area (Å²) in [4.78, 5) is 34.4. The van der Waals surface area contributed by atoms with Crippen molar-refractivity contribution in [1.29, 1.82) is 5.26 Å². The zero-order valence-electron chi connectivity index (χ0n) is 19.9. The van der Waals surface area contributed by atoms with Crippen molar-refractivity contribution >= 4 is 55.0 Å². The van der Waals surface area contributed by atoms with Gasteiger partial charge in [0, 0.05) is 33.4 Å². The average molecular weight is 715 g/mol. The molecule has 1 heterocycles. The first-order chi connectivity index (χ1) is 19.0. The fourth-order valence-electron chi connectivity index (χ4n) is 3.50. The fraction of sp³-hybridized carbons (Fsp3) is 0.208. The van der Waals surface area contributed by atoms with E-state index in [0.29, 0.717) is 0 Å². The van der Waals surface area contributed by atoms with Gasteiger partial charge in [0.05, 0.1) is 35.6 Å². The SMILES string of the molecule is N#CCCN(C(=O)c1cnccn1)c1cccc(C(=O)Nc2c(Br)cc(C(F)(C(F)(F)F)C(F)(F)F)cc2Br)c1F. The number of hydrogen-bond acceptors (Lipinski definition) is 5. The number of alkyl halides is 7. The largest absolute Gasteiger partial charge is 0.435 e. The Balaban J connectivity index is 2.01. The number of anilines is 2. The molecule has 3 aromatic rings. The second-order valence-corrected chi connectivity index (χ2v) is 9.73. The molecule has 0 spiro atoms. The van der Waals surface area contributed by atoms with Crippen molar-refractivity contribution in [3.8, 4) is 6.07 Å². The Labute approximate surface area is 242 Å². The Morgan fingerprint density at radius 1 is 1.00 bits per heavy atom. The molecule has 0 bridgehead atoms. The van der Waals surface area contributed by atoms with Crippen LogP contribution < -0.4 is 10.2 Å². The number of carbonyl (C=O) groups is 2. The quantitative estimate of drug-likeness (QED) is 0.260. The summed E-state index contributed by atoms with van der Waals surface area (Å²) in [6.45, 7) is -0.310. The van der Waals surface area contributed by atoms with Gasteiger partial charge in [0.25, 0.3) is 11.8 Å². The smallest absolute Gasteiger partial charge is 0.320 e. The van der Waals surface area contributed by atoms with Gasteiger partial charge in [-0.2, -0.15) is 31.6 Å². The van der Waals surface area contributed by atoms with Crippen LogP contribution in [0.4, 0.5) is 46.5 Å². The Morgan fingerprint density at radius 3 is 2.12 bits per heavy atom. The van der Waals surface area contributed by atoms with Crippen LogP contribution in [0.1, 0.15) is 32.8 Å². The Kier molecular flexibility index (Phi) is 9.38. The predicted molar refractivity (Wildman–Crippen MR) is 135 cm³/mol. The van der Waals surface area contributed by atoms with Crippen LogP contribution in [0, 0.1) is 17.1 Å². The number of carbonyl (C=O) groups excluding carboxylic acids is 2. The van der Waals surface area contributed by atoms with E-state index in [1.54, 1.807) is 6.07 Å². The van der Waals surface area contributed by atoms with Crippen LogP contribution in [0.3, 0.4) is 0 Å². The molecule has 41 heavy (non-hydrogen) atoms. The maximum absolute atomic E-state index is 15.6. The molecule has 2 amide bonds. The molecule has 216 valence electrons. The van der Waals surface area contributed by atoms with Gasteiger partial charge in [0.1, 0.15) is 5.69 Å². The molecule has 0 saturated heterocycles. The van der Waals surface area contributed by atoms with Crippen molar-refractivity contribution in [2.45, 2.75) is 24.4 Å². The minimum atomic E-state index is -6.38. The normalized spacial score (nSPS) is 12.0. The molecule has 1 N–H and O–H groups in total. The van der Waals surface area contributed by atoms with Crippen LogP contribution >= 0.6 is 31.9 Å². The van der Waals surface area contributed by atoms with E-state index in [1.807, 2.05) is 0 Å². The van der Waals surface area contributed by atoms with E-state index in [2.05, 4.69) is 47.1 Å². The zero-order chi connectivity index (χ0) is 30.8. The van der Waals surface area contributed by atoms with Gasteiger partial charge in [-0.3, -0.25) is 14.6 Å². The van der Waals surface area contributed by atoms with E-state index >= 15 is 4.39 Å². The van der Waals surface area contributed by atoms with Gasteiger partial charge in [-0.25, -0.2) is 13.8 Å². The van der Waals surface area contributed by atoms with Crippen LogP contribution in [-0.2, 0) is 5.67 Å². The van der Waals surface area contributed by atoms with Crippen LogP contribution in [-0.4, -0.2) is 40.7 Å². The number of aromatic nitrogens is 2. The average Bonchev–Trinajstić information content (AvgIpc) is 2.90. The highest BCUT2D eigenvalue weighted by molar-refractivity contribution is 9.11. The number of nitrogens with one attached hydrogen (secondary N) is 1. The van der Waals surface area contributed by atoms with Crippen LogP contribution in [0.2, 0.25) is 0 Å². The molecule has 17 heteroatoms. The summed E-state index contributed by atoms with van der Waals surface area (Å²) in [6, 6.07) is 5.46. The Bertz CT molecular complexity index is 1470. The van der Waals surface area contributed by atoms with Crippen LogP contribution in [0.15, 0.2) is 57.9 Å². The maximum atomic E-state index is 15.6. The van der Waals surface area contributed by atoms with E-state index in [9.17, 15) is 40.3 Å². The number of halogens is 10. The lowest BCUT2D eigenvalue weighted by Crippen LogP contribution is -2.50. The number of nitriles is 1. The predicted octanol–water partition coefficient (Wildman–Crippen LogP) is 7.24. The molecule has 2 aromatic carbocycles. The lowest BCUT2D eigenvalue weighted by atomic mass is 9.94. The molecule has 0 aliphatic rings. The second-order valence-electron chi connectivity index (χ2n) is 8.02. The van der Waals surface area contributed by atoms with Gasteiger partial charge in [-0.15, -0.1) is 0 Å². The Hall–Kier alpha value is -3.65. The van der Waals surface area contributed by atoms with Gasteiger partial charge in [0.2, 0.25) is 0 Å². The van der Waals surface area contributed by atoms with Gasteiger partial charge < -0.3 is 10.2 Å². The summed E-state index contributed by atoms with van der Waals surface area (Å²) in [5.41, 5.74) is -9.35. The summed E-state index contributed by atoms with van der Waals surface area (Å²) >= 11 is 5.44. The minimum absolute atomic E-state index is 0.178. The number of benzene rings is 2. The highest BCUT2D eigenvalue weighted by Crippen LogP contribution is 2.54. The topological polar surface area (TPSA) is 99.0 Å². The maximum Gasteiger partial charge on any atom is 0.435 e. The minimum Gasteiger partial charge on any atom is -0.320 e. The molecular formula is C24H13Br2F8N5O2. The van der Waals surface area contributed by atoms with Gasteiger partial charge in [-0.1, -0.05) is 6.07 Å². The first-order valence-corrected chi connectivity index (χ1v) is 12.5. The molecule has 0 aliphatic carbocycles.